The van der Waals surface area contributed by atoms with E-state index in [2.05, 4.69) is 16.2 Å². The van der Waals surface area contributed by atoms with E-state index in [9.17, 15) is 4.79 Å². The Labute approximate surface area is 143 Å². The summed E-state index contributed by atoms with van der Waals surface area (Å²) in [5.41, 5.74) is 1.80. The summed E-state index contributed by atoms with van der Waals surface area (Å²) in [7, 11) is 1.67. The minimum atomic E-state index is -0.404. The molecule has 0 aliphatic carbocycles. The van der Waals surface area contributed by atoms with E-state index in [-0.39, 0.29) is 5.91 Å². The van der Waals surface area contributed by atoms with Crippen LogP contribution in [0.25, 0.3) is 11.3 Å². The summed E-state index contributed by atoms with van der Waals surface area (Å²) in [4.78, 5) is 24.1. The van der Waals surface area contributed by atoms with Gasteiger partial charge in [-0.1, -0.05) is 0 Å². The van der Waals surface area contributed by atoms with Crippen LogP contribution in [-0.2, 0) is 4.79 Å². The molecule has 2 aromatic rings. The highest BCUT2D eigenvalue weighted by Gasteiger charge is 2.33. The van der Waals surface area contributed by atoms with Crippen LogP contribution in [-0.4, -0.2) is 40.4 Å². The molecular formula is C16H14N6OS. The van der Waals surface area contributed by atoms with E-state index >= 15 is 0 Å². The van der Waals surface area contributed by atoms with Crippen LogP contribution >= 0.6 is 11.3 Å². The first kappa shape index (κ1) is 15.9. The van der Waals surface area contributed by atoms with Crippen molar-refractivity contribution in [3.8, 4) is 23.5 Å². The Morgan fingerprint density at radius 1 is 1.50 bits per heavy atom. The molecule has 1 fully saturated rings. The first-order valence-electron chi connectivity index (χ1n) is 7.40. The third-order valence-corrected chi connectivity index (χ3v) is 4.86. The topological polar surface area (TPSA) is 96.9 Å². The van der Waals surface area contributed by atoms with Crippen molar-refractivity contribution in [2.75, 3.05) is 18.5 Å². The van der Waals surface area contributed by atoms with Crippen LogP contribution in [0.1, 0.15) is 18.5 Å². The summed E-state index contributed by atoms with van der Waals surface area (Å²) >= 11 is 1.35. The van der Waals surface area contributed by atoms with Gasteiger partial charge in [0.25, 0.3) is 5.91 Å². The van der Waals surface area contributed by atoms with E-state index in [1.807, 2.05) is 11.4 Å². The third kappa shape index (κ3) is 2.92. The first-order valence-corrected chi connectivity index (χ1v) is 8.28. The maximum Gasteiger partial charge on any atom is 0.251 e. The molecule has 3 heterocycles. The molecule has 0 aromatic carbocycles. The van der Waals surface area contributed by atoms with Gasteiger partial charge in [-0.25, -0.2) is 9.97 Å². The van der Waals surface area contributed by atoms with Crippen molar-refractivity contribution in [3.05, 3.63) is 29.4 Å². The molecule has 1 saturated heterocycles. The zero-order chi connectivity index (χ0) is 17.1. The number of aromatic nitrogens is 2. The first-order chi connectivity index (χ1) is 11.6. The second kappa shape index (κ2) is 6.65. The van der Waals surface area contributed by atoms with Crippen LogP contribution in [0, 0.1) is 22.8 Å². The van der Waals surface area contributed by atoms with Crippen LogP contribution in [0.15, 0.2) is 23.7 Å². The van der Waals surface area contributed by atoms with E-state index in [1.54, 1.807) is 25.4 Å². The van der Waals surface area contributed by atoms with Crippen LogP contribution in [0.5, 0.6) is 0 Å². The lowest BCUT2D eigenvalue weighted by molar-refractivity contribution is -0.121. The number of hydrogen-bond acceptors (Lipinski definition) is 7. The van der Waals surface area contributed by atoms with Crippen molar-refractivity contribution in [1.29, 1.82) is 10.5 Å². The number of amides is 1. The summed E-state index contributed by atoms with van der Waals surface area (Å²) in [6.07, 6.45) is 5.16. The van der Waals surface area contributed by atoms with Gasteiger partial charge in [-0.3, -0.25) is 14.6 Å². The van der Waals surface area contributed by atoms with Crippen molar-refractivity contribution < 1.29 is 4.79 Å². The van der Waals surface area contributed by atoms with E-state index < -0.39 is 6.04 Å². The molecule has 0 N–H and O–H groups in total. The van der Waals surface area contributed by atoms with Gasteiger partial charge in [-0.05, 0) is 25.0 Å². The molecule has 1 unspecified atom stereocenters. The second-order valence-electron chi connectivity index (χ2n) is 5.41. The monoisotopic (exact) mass is 338 g/mol. The van der Waals surface area contributed by atoms with E-state index in [1.165, 1.54) is 21.1 Å². The van der Waals surface area contributed by atoms with Gasteiger partial charge < -0.3 is 0 Å². The highest BCUT2D eigenvalue weighted by Crippen LogP contribution is 2.28. The fourth-order valence-corrected chi connectivity index (χ4v) is 3.47. The predicted molar refractivity (Wildman–Crippen MR) is 88.8 cm³/mol. The largest absolute Gasteiger partial charge is 0.298 e. The van der Waals surface area contributed by atoms with Gasteiger partial charge in [0.15, 0.2) is 11.3 Å². The lowest BCUT2D eigenvalue weighted by Gasteiger charge is -2.22. The highest BCUT2D eigenvalue weighted by atomic mass is 32.1. The molecule has 3 rings (SSSR count). The number of rotatable bonds is 3. The summed E-state index contributed by atoms with van der Waals surface area (Å²) in [5.74, 6) is -0.123. The molecule has 0 radical (unpaired) electrons. The quantitative estimate of drug-likeness (QED) is 0.794. The molecule has 1 atom stereocenters. The highest BCUT2D eigenvalue weighted by molar-refractivity contribution is 7.14. The standard InChI is InChI=1S/C16H14N6OS/c1-21(15(23)14-3-2-6-22(14)10-18)16-20-13(9-24-16)11-4-5-19-12(7-11)8-17/h4-5,7,9,14H,2-3,6H2,1H3. The fourth-order valence-electron chi connectivity index (χ4n) is 2.66. The van der Waals surface area contributed by atoms with E-state index in [0.717, 1.165) is 12.0 Å². The summed E-state index contributed by atoms with van der Waals surface area (Å²) < 4.78 is 0. The van der Waals surface area contributed by atoms with Gasteiger partial charge in [-0.15, -0.1) is 11.3 Å². The number of nitrogens with zero attached hydrogens (tertiary/aromatic N) is 6. The average molecular weight is 338 g/mol. The predicted octanol–water partition coefficient (Wildman–Crippen LogP) is 1.99. The number of anilines is 1. The SMILES string of the molecule is CN(C(=O)C1CCCN1C#N)c1nc(-c2ccnc(C#N)c2)cs1. The normalized spacial score (nSPS) is 16.5. The number of nitriles is 2. The molecule has 7 nitrogen and oxygen atoms in total. The molecule has 1 amide bonds. The maximum atomic E-state index is 12.6. The molecular weight excluding hydrogens is 324 g/mol. The van der Waals surface area contributed by atoms with Crippen LogP contribution in [0.2, 0.25) is 0 Å². The lowest BCUT2D eigenvalue weighted by Crippen LogP contribution is -2.42. The zero-order valence-corrected chi connectivity index (χ0v) is 13.8. The Kier molecular flexibility index (Phi) is 4.41. The molecule has 24 heavy (non-hydrogen) atoms. The van der Waals surface area contributed by atoms with Crippen molar-refractivity contribution in [3.63, 3.8) is 0 Å². The number of carbonyl (C=O) groups is 1. The second-order valence-corrected chi connectivity index (χ2v) is 6.24. The van der Waals surface area contributed by atoms with Gasteiger partial charge in [0.05, 0.1) is 5.69 Å². The number of pyridine rings is 1. The van der Waals surface area contributed by atoms with Crippen LogP contribution in [0.3, 0.4) is 0 Å². The molecule has 1 aliphatic heterocycles. The van der Waals surface area contributed by atoms with Crippen LogP contribution < -0.4 is 4.90 Å². The average Bonchev–Trinajstić information content (AvgIpc) is 3.29. The van der Waals surface area contributed by atoms with Gasteiger partial charge in [0, 0.05) is 30.7 Å². The molecule has 8 heteroatoms. The Hall–Kier alpha value is -2.97. The maximum absolute atomic E-state index is 12.6. The number of thiazole rings is 1. The number of hydrogen-bond donors (Lipinski definition) is 0. The Balaban J connectivity index is 1.81. The Morgan fingerprint density at radius 2 is 2.33 bits per heavy atom. The van der Waals surface area contributed by atoms with Gasteiger partial charge in [0.1, 0.15) is 17.8 Å². The van der Waals surface area contributed by atoms with Crippen LogP contribution in [0.4, 0.5) is 5.13 Å². The number of likely N-dealkylation sites (N-methyl/N-ethyl adjacent to an activating group) is 1. The van der Waals surface area contributed by atoms with Gasteiger partial charge in [-0.2, -0.15) is 10.5 Å². The molecule has 1 aliphatic rings. The minimum absolute atomic E-state index is 0.123. The third-order valence-electron chi connectivity index (χ3n) is 3.95. The summed E-state index contributed by atoms with van der Waals surface area (Å²) in [6.45, 7) is 0.623. The smallest absolute Gasteiger partial charge is 0.251 e. The molecule has 2 aromatic heterocycles. The van der Waals surface area contributed by atoms with Gasteiger partial charge >= 0.3 is 0 Å². The van der Waals surface area contributed by atoms with Crippen molar-refractivity contribution in [1.82, 2.24) is 14.9 Å². The lowest BCUT2D eigenvalue weighted by atomic mass is 10.2. The number of carbonyl (C=O) groups excluding carboxylic acids is 1. The van der Waals surface area contributed by atoms with Crippen molar-refractivity contribution in [2.45, 2.75) is 18.9 Å². The molecule has 0 saturated carbocycles. The van der Waals surface area contributed by atoms with Crippen molar-refractivity contribution in [2.24, 2.45) is 0 Å². The summed E-state index contributed by atoms with van der Waals surface area (Å²) in [6, 6.07) is 5.03. The molecule has 0 bridgehead atoms. The van der Waals surface area contributed by atoms with Gasteiger partial charge in [0.2, 0.25) is 0 Å². The Morgan fingerprint density at radius 3 is 3.08 bits per heavy atom. The van der Waals surface area contributed by atoms with E-state index in [4.69, 9.17) is 10.5 Å². The molecule has 0 spiro atoms. The zero-order valence-electron chi connectivity index (χ0n) is 13.0. The fraction of sp³-hybridized carbons (Fsp3) is 0.312. The van der Waals surface area contributed by atoms with E-state index in [0.29, 0.717) is 29.5 Å². The Bertz CT molecular complexity index is 849. The molecule has 120 valence electrons. The minimum Gasteiger partial charge on any atom is -0.298 e. The van der Waals surface area contributed by atoms with Crippen molar-refractivity contribution >= 4 is 22.4 Å². The number of likely N-dealkylation sites (tertiary alicyclic amines) is 1. The summed E-state index contributed by atoms with van der Waals surface area (Å²) in [5, 5.41) is 20.4.